The number of fused-ring (bicyclic) bond motifs is 4. The summed E-state index contributed by atoms with van der Waals surface area (Å²) in [6.07, 6.45) is 3.73. The lowest BCUT2D eigenvalue weighted by atomic mass is 9.99. The smallest absolute Gasteiger partial charge is 0.315 e. The molecule has 3 heterocycles. The Labute approximate surface area is 218 Å². The Morgan fingerprint density at radius 3 is 2.92 bits per heavy atom. The van der Waals surface area contributed by atoms with Crippen LogP contribution >= 0.6 is 23.4 Å². The average molecular weight is 530 g/mol. The highest BCUT2D eigenvalue weighted by Gasteiger charge is 2.80. The number of anilines is 1. The van der Waals surface area contributed by atoms with E-state index in [1.807, 2.05) is 55.9 Å². The highest BCUT2D eigenvalue weighted by molar-refractivity contribution is 7.98. The van der Waals surface area contributed by atoms with Gasteiger partial charge in [-0.15, -0.1) is 0 Å². The molecule has 3 fully saturated rings. The summed E-state index contributed by atoms with van der Waals surface area (Å²) < 4.78 is 20.2. The summed E-state index contributed by atoms with van der Waals surface area (Å²) in [5, 5.41) is 4.72. The predicted octanol–water partition coefficient (Wildman–Crippen LogP) is 4.46. The van der Waals surface area contributed by atoms with Crippen LogP contribution in [0.2, 0.25) is 5.02 Å². The maximum Gasteiger partial charge on any atom is 0.315 e. The number of imidazole rings is 1. The molecule has 6 rings (SSSR count). The van der Waals surface area contributed by atoms with Gasteiger partial charge in [0.25, 0.3) is 0 Å². The van der Waals surface area contributed by atoms with Gasteiger partial charge in [0.1, 0.15) is 17.6 Å². The molecule has 5 atom stereocenters. The standard InChI is InChI=1S/C25H28ClN5O4S/c1-5-33-22(32)25-10-15(25)17(18-19(25)35-24(2,3)34-18)31-12-28-16-20(29-23(36-4)30-21(16)31)27-11-13-7-6-8-14(26)9-13/h6-9,12,15,17-19H,5,10-11H2,1-4H3,(H,27,29,30)/t15-,17-,18+,19+,25+/m1/s1. The molecule has 0 radical (unpaired) electrons. The van der Waals surface area contributed by atoms with E-state index in [2.05, 4.69) is 10.3 Å². The van der Waals surface area contributed by atoms with Gasteiger partial charge >= 0.3 is 5.97 Å². The zero-order chi connectivity index (χ0) is 25.2. The van der Waals surface area contributed by atoms with Gasteiger partial charge in [-0.3, -0.25) is 4.79 Å². The van der Waals surface area contributed by atoms with E-state index in [4.69, 9.17) is 35.8 Å². The summed E-state index contributed by atoms with van der Waals surface area (Å²) >= 11 is 7.62. The summed E-state index contributed by atoms with van der Waals surface area (Å²) in [7, 11) is 0. The second-order valence-corrected chi connectivity index (χ2v) is 11.2. The minimum Gasteiger partial charge on any atom is -0.465 e. The van der Waals surface area contributed by atoms with Crippen molar-refractivity contribution in [2.24, 2.45) is 11.3 Å². The van der Waals surface area contributed by atoms with Crippen LogP contribution in [-0.2, 0) is 25.5 Å². The number of esters is 1. The fourth-order valence-corrected chi connectivity index (χ4v) is 6.43. The van der Waals surface area contributed by atoms with Crippen LogP contribution in [-0.4, -0.2) is 56.3 Å². The number of halogens is 1. The largest absolute Gasteiger partial charge is 0.465 e. The van der Waals surface area contributed by atoms with Crippen molar-refractivity contribution in [3.8, 4) is 0 Å². The first kappa shape index (κ1) is 24.0. The van der Waals surface area contributed by atoms with Crippen LogP contribution in [0.4, 0.5) is 5.82 Å². The van der Waals surface area contributed by atoms with E-state index in [0.29, 0.717) is 46.7 Å². The molecule has 1 aliphatic heterocycles. The predicted molar refractivity (Wildman–Crippen MR) is 136 cm³/mol. The summed E-state index contributed by atoms with van der Waals surface area (Å²) in [6, 6.07) is 7.54. The molecule has 0 bridgehead atoms. The molecule has 1 saturated heterocycles. The number of nitrogens with zero attached hydrogens (tertiary/aromatic N) is 4. The van der Waals surface area contributed by atoms with Crippen LogP contribution in [0.3, 0.4) is 0 Å². The molecular weight excluding hydrogens is 502 g/mol. The fraction of sp³-hybridized carbons (Fsp3) is 0.520. The van der Waals surface area contributed by atoms with Gasteiger partial charge in [-0.25, -0.2) is 15.0 Å². The lowest BCUT2D eigenvalue weighted by molar-refractivity contribution is -0.172. The van der Waals surface area contributed by atoms with Crippen molar-refractivity contribution in [3.63, 3.8) is 0 Å². The van der Waals surface area contributed by atoms with Crippen LogP contribution in [0.15, 0.2) is 35.7 Å². The van der Waals surface area contributed by atoms with Gasteiger partial charge in [0.2, 0.25) is 0 Å². The number of hydrogen-bond acceptors (Lipinski definition) is 9. The summed E-state index contributed by atoms with van der Waals surface area (Å²) in [5.74, 6) is -0.328. The van der Waals surface area contributed by atoms with Crippen LogP contribution < -0.4 is 5.32 Å². The van der Waals surface area contributed by atoms with Gasteiger partial charge in [0, 0.05) is 17.5 Å². The van der Waals surface area contributed by atoms with Crippen molar-refractivity contribution in [2.75, 3.05) is 18.2 Å². The number of ether oxygens (including phenoxy) is 3. The summed E-state index contributed by atoms with van der Waals surface area (Å²) in [4.78, 5) is 27.3. The molecule has 2 saturated carbocycles. The van der Waals surface area contributed by atoms with Gasteiger partial charge in [-0.2, -0.15) is 0 Å². The molecule has 2 aromatic heterocycles. The van der Waals surface area contributed by atoms with Gasteiger partial charge in [-0.05, 0) is 51.1 Å². The summed E-state index contributed by atoms with van der Waals surface area (Å²) in [5.41, 5.74) is 1.71. The molecule has 11 heteroatoms. The van der Waals surface area contributed by atoms with E-state index in [1.165, 1.54) is 11.8 Å². The van der Waals surface area contributed by atoms with E-state index < -0.39 is 11.2 Å². The monoisotopic (exact) mass is 529 g/mol. The fourth-order valence-electron chi connectivity index (χ4n) is 5.85. The van der Waals surface area contributed by atoms with Gasteiger partial charge < -0.3 is 24.1 Å². The highest BCUT2D eigenvalue weighted by Crippen LogP contribution is 2.72. The Morgan fingerprint density at radius 1 is 1.33 bits per heavy atom. The molecule has 1 N–H and O–H groups in total. The topological polar surface area (TPSA) is 100 Å². The first-order valence-electron chi connectivity index (χ1n) is 12.1. The minimum absolute atomic E-state index is 0.0237. The number of nitrogens with one attached hydrogen (secondary N) is 1. The molecule has 2 aliphatic carbocycles. The Bertz CT molecular complexity index is 1350. The van der Waals surface area contributed by atoms with Crippen molar-refractivity contribution in [3.05, 3.63) is 41.2 Å². The Balaban J connectivity index is 1.38. The Morgan fingerprint density at radius 2 is 2.17 bits per heavy atom. The van der Waals surface area contributed by atoms with E-state index >= 15 is 0 Å². The van der Waals surface area contributed by atoms with Gasteiger partial charge in [-0.1, -0.05) is 35.5 Å². The molecule has 0 amide bonds. The Kier molecular flexibility index (Phi) is 5.71. The zero-order valence-electron chi connectivity index (χ0n) is 20.5. The average Bonchev–Trinajstić information content (AvgIpc) is 3.16. The molecule has 9 nitrogen and oxygen atoms in total. The van der Waals surface area contributed by atoms with Crippen LogP contribution in [0.5, 0.6) is 0 Å². The van der Waals surface area contributed by atoms with E-state index in [9.17, 15) is 4.79 Å². The molecule has 3 aromatic rings. The van der Waals surface area contributed by atoms with E-state index in [-0.39, 0.29) is 30.1 Å². The SMILES string of the molecule is CCOC(=O)[C@@]12C[C@@H]1[C@@H](n1cnc3c(NCc4cccc(Cl)c4)nc(SC)nc31)[C@@H]1OC(C)(C)O[C@@H]12. The van der Waals surface area contributed by atoms with E-state index in [1.54, 1.807) is 6.33 Å². The minimum atomic E-state index is -0.792. The lowest BCUT2D eigenvalue weighted by Gasteiger charge is -2.24. The third kappa shape index (κ3) is 3.69. The van der Waals surface area contributed by atoms with E-state index in [0.717, 1.165) is 5.56 Å². The molecular formula is C25H28ClN5O4S. The molecule has 0 spiro atoms. The number of rotatable bonds is 7. The van der Waals surface area contributed by atoms with Crippen LogP contribution in [0, 0.1) is 11.3 Å². The van der Waals surface area contributed by atoms with Crippen molar-refractivity contribution >= 4 is 46.3 Å². The first-order valence-corrected chi connectivity index (χ1v) is 13.7. The number of carbonyl (C=O) groups excluding carboxylic acids is 1. The normalized spacial score (nSPS) is 29.7. The second kappa shape index (κ2) is 8.58. The van der Waals surface area contributed by atoms with Crippen molar-refractivity contribution in [1.82, 2.24) is 19.5 Å². The number of thioether (sulfide) groups is 1. The van der Waals surface area contributed by atoms with Crippen molar-refractivity contribution in [2.45, 2.75) is 62.9 Å². The molecule has 1 aromatic carbocycles. The third-order valence-electron chi connectivity index (χ3n) is 7.35. The quantitative estimate of drug-likeness (QED) is 0.270. The van der Waals surface area contributed by atoms with Gasteiger partial charge in [0.15, 0.2) is 27.9 Å². The Hall–Kier alpha value is -2.40. The number of hydrogen-bond donors (Lipinski definition) is 1. The molecule has 3 aliphatic rings. The maximum atomic E-state index is 13.1. The van der Waals surface area contributed by atoms with Gasteiger partial charge in [0.05, 0.1) is 19.0 Å². The second-order valence-electron chi connectivity index (χ2n) is 9.95. The van der Waals surface area contributed by atoms with Crippen molar-refractivity contribution < 1.29 is 19.0 Å². The number of aromatic nitrogens is 4. The third-order valence-corrected chi connectivity index (χ3v) is 8.14. The maximum absolute atomic E-state index is 13.1. The first-order chi connectivity index (χ1) is 17.3. The highest BCUT2D eigenvalue weighted by atomic mass is 35.5. The number of carbonyl (C=O) groups is 1. The van der Waals surface area contributed by atoms with Crippen molar-refractivity contribution in [1.29, 1.82) is 0 Å². The van der Waals surface area contributed by atoms with Crippen LogP contribution in [0.1, 0.15) is 38.8 Å². The number of benzene rings is 1. The zero-order valence-corrected chi connectivity index (χ0v) is 22.1. The molecule has 190 valence electrons. The molecule has 36 heavy (non-hydrogen) atoms. The molecule has 0 unspecified atom stereocenters. The van der Waals surface area contributed by atoms with Crippen LogP contribution in [0.25, 0.3) is 11.2 Å². The lowest BCUT2D eigenvalue weighted by Crippen LogP contribution is -2.36. The summed E-state index contributed by atoms with van der Waals surface area (Å²) in [6.45, 7) is 6.47.